The van der Waals surface area contributed by atoms with Gasteiger partial charge in [0.15, 0.2) is 0 Å². The van der Waals surface area contributed by atoms with Gasteiger partial charge in [-0.15, -0.1) is 11.3 Å². The first-order valence-electron chi connectivity index (χ1n) is 6.46. The van der Waals surface area contributed by atoms with Gasteiger partial charge in [0.1, 0.15) is 16.4 Å². The van der Waals surface area contributed by atoms with Gasteiger partial charge in [0.25, 0.3) is 0 Å². The molecule has 0 bridgehead atoms. The van der Waals surface area contributed by atoms with E-state index in [0.717, 1.165) is 0 Å². The van der Waals surface area contributed by atoms with Gasteiger partial charge in [-0.05, 0) is 24.6 Å². The lowest BCUT2D eigenvalue weighted by Gasteiger charge is -2.07. The van der Waals surface area contributed by atoms with Crippen LogP contribution in [0, 0.1) is 5.82 Å². The lowest BCUT2D eigenvalue weighted by atomic mass is 10.0. The number of benzene rings is 1. The Morgan fingerprint density at radius 1 is 1.27 bits per heavy atom. The van der Waals surface area contributed by atoms with E-state index in [9.17, 15) is 14.0 Å². The topological polar surface area (TPSA) is 64.6 Å². The molecule has 1 N–H and O–H groups in total. The van der Waals surface area contributed by atoms with E-state index in [2.05, 4.69) is 5.32 Å². The second-order valence-corrected chi connectivity index (χ2v) is 5.08. The third kappa shape index (κ3) is 3.43. The van der Waals surface area contributed by atoms with Gasteiger partial charge in [-0.25, -0.2) is 14.0 Å². The Bertz CT molecular complexity index is 681. The molecule has 0 radical (unpaired) electrons. The van der Waals surface area contributed by atoms with Crippen LogP contribution in [0.15, 0.2) is 29.6 Å². The first-order chi connectivity index (χ1) is 10.6. The normalized spacial score (nSPS) is 10.1. The number of methoxy groups -OCH3 is 1. The summed E-state index contributed by atoms with van der Waals surface area (Å²) in [7, 11) is 1.25. The smallest absolute Gasteiger partial charge is 0.412 e. The maximum absolute atomic E-state index is 13.0. The van der Waals surface area contributed by atoms with E-state index < -0.39 is 12.1 Å². The maximum Gasteiger partial charge on any atom is 0.412 e. The van der Waals surface area contributed by atoms with Crippen LogP contribution in [0.1, 0.15) is 17.3 Å². The summed E-state index contributed by atoms with van der Waals surface area (Å²) in [4.78, 5) is 23.6. The first kappa shape index (κ1) is 16.0. The predicted molar refractivity (Wildman–Crippen MR) is 81.7 cm³/mol. The monoisotopic (exact) mass is 323 g/mol. The quantitative estimate of drug-likeness (QED) is 0.867. The van der Waals surface area contributed by atoms with Crippen LogP contribution in [0.2, 0.25) is 0 Å². The molecule has 1 aromatic carbocycles. The van der Waals surface area contributed by atoms with E-state index in [1.54, 1.807) is 24.4 Å². The number of ether oxygens (including phenoxy) is 2. The fourth-order valence-electron chi connectivity index (χ4n) is 1.86. The number of hydrogen-bond acceptors (Lipinski definition) is 5. The zero-order chi connectivity index (χ0) is 16.1. The van der Waals surface area contributed by atoms with Crippen LogP contribution in [0.4, 0.5) is 14.2 Å². The number of esters is 1. The largest absolute Gasteiger partial charge is 0.465 e. The Hall–Kier alpha value is -2.41. The fraction of sp³-hybridized carbons (Fsp3) is 0.200. The van der Waals surface area contributed by atoms with Crippen LogP contribution in [-0.2, 0) is 9.47 Å². The van der Waals surface area contributed by atoms with Crippen molar-refractivity contribution in [2.75, 3.05) is 19.0 Å². The highest BCUT2D eigenvalue weighted by Crippen LogP contribution is 2.36. The third-order valence-electron chi connectivity index (χ3n) is 2.83. The second-order valence-electron chi connectivity index (χ2n) is 4.20. The molecule has 0 fully saturated rings. The van der Waals surface area contributed by atoms with Crippen molar-refractivity contribution in [3.8, 4) is 11.1 Å². The highest BCUT2D eigenvalue weighted by atomic mass is 32.1. The van der Waals surface area contributed by atoms with Crippen LogP contribution in [0.5, 0.6) is 0 Å². The van der Waals surface area contributed by atoms with Crippen LogP contribution >= 0.6 is 11.3 Å². The molecule has 2 rings (SSSR count). The summed E-state index contributed by atoms with van der Waals surface area (Å²) < 4.78 is 22.6. The van der Waals surface area contributed by atoms with Crippen LogP contribution in [0.3, 0.4) is 0 Å². The number of carbonyl (C=O) groups is 2. The molecule has 0 saturated heterocycles. The summed E-state index contributed by atoms with van der Waals surface area (Å²) in [6, 6.07) is 5.70. The van der Waals surface area contributed by atoms with Crippen molar-refractivity contribution in [2.24, 2.45) is 0 Å². The molecular formula is C15H14FNO4S. The van der Waals surface area contributed by atoms with E-state index in [1.165, 1.54) is 30.6 Å². The minimum Gasteiger partial charge on any atom is -0.465 e. The number of carbonyl (C=O) groups excluding carboxylic acids is 2. The van der Waals surface area contributed by atoms with Gasteiger partial charge in [-0.3, -0.25) is 5.32 Å². The number of hydrogen-bond donors (Lipinski definition) is 1. The molecule has 0 atom stereocenters. The molecule has 0 unspecified atom stereocenters. The lowest BCUT2D eigenvalue weighted by Crippen LogP contribution is -2.15. The average molecular weight is 323 g/mol. The molecule has 5 nitrogen and oxygen atoms in total. The summed E-state index contributed by atoms with van der Waals surface area (Å²) in [5, 5.41) is 4.53. The molecule has 0 aliphatic heterocycles. The summed E-state index contributed by atoms with van der Waals surface area (Å²) in [5.41, 5.74) is 1.42. The molecule has 0 aliphatic carbocycles. The van der Waals surface area contributed by atoms with Crippen molar-refractivity contribution in [3.63, 3.8) is 0 Å². The van der Waals surface area contributed by atoms with Crippen LogP contribution in [0.25, 0.3) is 11.1 Å². The van der Waals surface area contributed by atoms with Crippen molar-refractivity contribution in [3.05, 3.63) is 41.0 Å². The summed E-state index contributed by atoms with van der Waals surface area (Å²) in [6.07, 6.45) is -0.653. The molecule has 2 aromatic rings. The number of thiophene rings is 1. The minimum atomic E-state index is -0.653. The standard InChI is InChI=1S/C15H14FNO4S/c1-3-21-15(19)17-13-12(14(18)20-2)11(8-22-13)9-4-6-10(16)7-5-9/h4-8H,3H2,1-2H3,(H,17,19). The molecule has 22 heavy (non-hydrogen) atoms. The van der Waals surface area contributed by atoms with E-state index in [1.807, 2.05) is 0 Å². The van der Waals surface area contributed by atoms with Gasteiger partial charge < -0.3 is 9.47 Å². The molecule has 1 heterocycles. The Kier molecular flexibility index (Phi) is 5.11. The second kappa shape index (κ2) is 7.04. The van der Waals surface area contributed by atoms with E-state index in [0.29, 0.717) is 16.1 Å². The van der Waals surface area contributed by atoms with E-state index in [-0.39, 0.29) is 18.0 Å². The number of amides is 1. The Labute approximate surface area is 130 Å². The molecule has 0 saturated carbocycles. The van der Waals surface area contributed by atoms with Gasteiger partial charge in [0.2, 0.25) is 0 Å². The summed E-state index contributed by atoms with van der Waals surface area (Å²) in [6.45, 7) is 1.90. The Morgan fingerprint density at radius 2 is 1.95 bits per heavy atom. The Balaban J connectivity index is 2.42. The van der Waals surface area contributed by atoms with Crippen molar-refractivity contribution < 1.29 is 23.5 Å². The molecule has 0 aliphatic rings. The van der Waals surface area contributed by atoms with Gasteiger partial charge in [-0.1, -0.05) is 12.1 Å². The van der Waals surface area contributed by atoms with Gasteiger partial charge in [0.05, 0.1) is 13.7 Å². The molecule has 7 heteroatoms. The van der Waals surface area contributed by atoms with Gasteiger partial charge >= 0.3 is 12.1 Å². The SMILES string of the molecule is CCOC(=O)Nc1scc(-c2ccc(F)cc2)c1C(=O)OC. The van der Waals surface area contributed by atoms with Gasteiger partial charge in [0, 0.05) is 10.9 Å². The van der Waals surface area contributed by atoms with Crippen LogP contribution in [-0.4, -0.2) is 25.8 Å². The number of nitrogens with one attached hydrogen (secondary N) is 1. The fourth-order valence-corrected chi connectivity index (χ4v) is 2.80. The molecule has 1 amide bonds. The van der Waals surface area contributed by atoms with E-state index in [4.69, 9.17) is 9.47 Å². The number of rotatable bonds is 4. The van der Waals surface area contributed by atoms with Crippen molar-refractivity contribution in [1.29, 1.82) is 0 Å². The average Bonchev–Trinajstić information content (AvgIpc) is 2.91. The maximum atomic E-state index is 13.0. The number of halogens is 1. The van der Waals surface area contributed by atoms with Crippen molar-refractivity contribution in [2.45, 2.75) is 6.92 Å². The zero-order valence-electron chi connectivity index (χ0n) is 12.0. The van der Waals surface area contributed by atoms with Gasteiger partial charge in [-0.2, -0.15) is 0 Å². The summed E-state index contributed by atoms with van der Waals surface area (Å²) in [5.74, 6) is -0.962. The molecule has 116 valence electrons. The van der Waals surface area contributed by atoms with E-state index >= 15 is 0 Å². The zero-order valence-corrected chi connectivity index (χ0v) is 12.8. The van der Waals surface area contributed by atoms with Crippen molar-refractivity contribution in [1.82, 2.24) is 0 Å². The molecule has 0 spiro atoms. The Morgan fingerprint density at radius 3 is 2.55 bits per heavy atom. The minimum absolute atomic E-state index is 0.215. The molecule has 1 aromatic heterocycles. The highest BCUT2D eigenvalue weighted by molar-refractivity contribution is 7.15. The van der Waals surface area contributed by atoms with Crippen LogP contribution < -0.4 is 5.32 Å². The van der Waals surface area contributed by atoms with Crippen molar-refractivity contribution >= 4 is 28.4 Å². The number of anilines is 1. The summed E-state index contributed by atoms with van der Waals surface area (Å²) >= 11 is 1.17. The lowest BCUT2D eigenvalue weighted by molar-refractivity contribution is 0.0603. The first-order valence-corrected chi connectivity index (χ1v) is 7.34. The third-order valence-corrected chi connectivity index (χ3v) is 3.72. The molecular weight excluding hydrogens is 309 g/mol. The predicted octanol–water partition coefficient (Wildman–Crippen LogP) is 3.91. The highest BCUT2D eigenvalue weighted by Gasteiger charge is 2.22.